The van der Waals surface area contributed by atoms with E-state index in [1.807, 2.05) is 20.8 Å². The third-order valence-corrected chi connectivity index (χ3v) is 3.59. The minimum Gasteiger partial charge on any atom is -0.306 e. The van der Waals surface area contributed by atoms with Crippen molar-refractivity contribution in [3.8, 4) is 11.1 Å². The molecule has 0 atom stereocenters. The van der Waals surface area contributed by atoms with Crippen LogP contribution in [0.2, 0.25) is 0 Å². The Bertz CT molecular complexity index is 813. The number of benzene rings is 1. The Labute approximate surface area is 122 Å². The molecule has 0 spiro atoms. The number of hydrogen-bond donors (Lipinski definition) is 0. The number of imidazole rings is 1. The molecule has 0 saturated carbocycles. The smallest absolute Gasteiger partial charge is 0.147 e. The van der Waals surface area contributed by atoms with Gasteiger partial charge in [-0.05, 0) is 17.0 Å². The van der Waals surface area contributed by atoms with Crippen LogP contribution in [0, 0.1) is 11.6 Å². The number of nitrogens with zero attached hydrogens (tertiary/aromatic N) is 2. The second-order valence-electron chi connectivity index (χ2n) is 6.11. The summed E-state index contributed by atoms with van der Waals surface area (Å²) >= 11 is 0. The molecule has 0 fully saturated rings. The summed E-state index contributed by atoms with van der Waals surface area (Å²) in [5.41, 5.74) is 1.08. The third kappa shape index (κ3) is 2.20. The molecule has 0 N–H and O–H groups in total. The molecule has 0 aliphatic heterocycles. The fraction of sp³-hybridized carbons (Fsp3) is 0.235. The van der Waals surface area contributed by atoms with Gasteiger partial charge in [-0.1, -0.05) is 39.0 Å². The summed E-state index contributed by atoms with van der Waals surface area (Å²) < 4.78 is 30.8. The summed E-state index contributed by atoms with van der Waals surface area (Å²) in [4.78, 5) is 4.15. The molecule has 1 aromatic carbocycles. The number of rotatable bonds is 1. The first-order chi connectivity index (χ1) is 9.89. The summed E-state index contributed by atoms with van der Waals surface area (Å²) in [7, 11) is 0. The van der Waals surface area contributed by atoms with E-state index in [0.29, 0.717) is 11.2 Å². The van der Waals surface area contributed by atoms with Crippen LogP contribution in [-0.2, 0) is 5.41 Å². The van der Waals surface area contributed by atoms with Crippen molar-refractivity contribution in [2.24, 2.45) is 0 Å². The standard InChI is InChI=1S/C17H16F2N2/c1-17(2,3)12-6-4-5-11(15(12)19)14-13(18)7-9-21-10-8-20-16(14)21/h4-10H,1-3H3. The third-order valence-electron chi connectivity index (χ3n) is 3.59. The first kappa shape index (κ1) is 13.7. The average molecular weight is 286 g/mol. The van der Waals surface area contributed by atoms with Gasteiger partial charge in [0.1, 0.15) is 17.3 Å². The lowest BCUT2D eigenvalue weighted by molar-refractivity contribution is 0.524. The highest BCUT2D eigenvalue weighted by Gasteiger charge is 2.23. The van der Waals surface area contributed by atoms with E-state index in [1.165, 1.54) is 6.07 Å². The van der Waals surface area contributed by atoms with Gasteiger partial charge >= 0.3 is 0 Å². The molecule has 0 amide bonds. The molecule has 0 unspecified atom stereocenters. The van der Waals surface area contributed by atoms with Crippen molar-refractivity contribution in [1.29, 1.82) is 0 Å². The Morgan fingerprint density at radius 1 is 1.05 bits per heavy atom. The maximum atomic E-state index is 14.9. The molecule has 2 nitrogen and oxygen atoms in total. The molecule has 3 rings (SSSR count). The van der Waals surface area contributed by atoms with Crippen LogP contribution in [0.1, 0.15) is 26.3 Å². The van der Waals surface area contributed by atoms with Crippen molar-refractivity contribution in [2.45, 2.75) is 26.2 Å². The molecule has 0 aliphatic carbocycles. The van der Waals surface area contributed by atoms with Gasteiger partial charge in [0, 0.05) is 24.2 Å². The lowest BCUT2D eigenvalue weighted by Gasteiger charge is -2.21. The Hall–Kier alpha value is -2.23. The van der Waals surface area contributed by atoms with Gasteiger partial charge in [0.15, 0.2) is 0 Å². The zero-order chi connectivity index (χ0) is 15.2. The van der Waals surface area contributed by atoms with Gasteiger partial charge in [0.2, 0.25) is 0 Å². The highest BCUT2D eigenvalue weighted by Crippen LogP contribution is 2.34. The van der Waals surface area contributed by atoms with Gasteiger partial charge < -0.3 is 4.40 Å². The second-order valence-corrected chi connectivity index (χ2v) is 6.11. The molecule has 108 valence electrons. The van der Waals surface area contributed by atoms with Crippen LogP contribution >= 0.6 is 0 Å². The highest BCUT2D eigenvalue weighted by atomic mass is 19.1. The van der Waals surface area contributed by atoms with Crippen LogP contribution in [0.25, 0.3) is 16.8 Å². The first-order valence-electron chi connectivity index (χ1n) is 6.80. The maximum absolute atomic E-state index is 14.9. The van der Waals surface area contributed by atoms with Crippen molar-refractivity contribution in [3.05, 3.63) is 60.1 Å². The predicted octanol–water partition coefficient (Wildman–Crippen LogP) is 4.58. The highest BCUT2D eigenvalue weighted by molar-refractivity contribution is 5.79. The van der Waals surface area contributed by atoms with Crippen LogP contribution in [0.5, 0.6) is 0 Å². The van der Waals surface area contributed by atoms with Crippen LogP contribution in [-0.4, -0.2) is 9.38 Å². The van der Waals surface area contributed by atoms with Crippen molar-refractivity contribution in [1.82, 2.24) is 9.38 Å². The topological polar surface area (TPSA) is 17.3 Å². The molecule has 0 saturated heterocycles. The fourth-order valence-electron chi connectivity index (χ4n) is 2.52. The van der Waals surface area contributed by atoms with Gasteiger partial charge in [0.05, 0.1) is 5.56 Å². The number of aromatic nitrogens is 2. The van der Waals surface area contributed by atoms with E-state index >= 15 is 0 Å². The second kappa shape index (κ2) is 4.65. The van der Waals surface area contributed by atoms with Crippen molar-refractivity contribution in [2.75, 3.05) is 0 Å². The van der Waals surface area contributed by atoms with Gasteiger partial charge in [-0.2, -0.15) is 0 Å². The molecule has 2 heterocycles. The van der Waals surface area contributed by atoms with Gasteiger partial charge in [-0.15, -0.1) is 0 Å². The fourth-order valence-corrected chi connectivity index (χ4v) is 2.52. The van der Waals surface area contributed by atoms with E-state index in [4.69, 9.17) is 0 Å². The van der Waals surface area contributed by atoms with Gasteiger partial charge in [0.25, 0.3) is 0 Å². The van der Waals surface area contributed by atoms with Crippen LogP contribution in [0.15, 0.2) is 42.9 Å². The Kier molecular flexibility index (Phi) is 3.04. The predicted molar refractivity (Wildman–Crippen MR) is 79.2 cm³/mol. The Morgan fingerprint density at radius 2 is 1.81 bits per heavy atom. The van der Waals surface area contributed by atoms with E-state index in [1.54, 1.807) is 41.2 Å². The number of halogens is 2. The normalized spacial score (nSPS) is 12.0. The van der Waals surface area contributed by atoms with E-state index in [0.717, 1.165) is 0 Å². The van der Waals surface area contributed by atoms with E-state index in [2.05, 4.69) is 4.98 Å². The number of fused-ring (bicyclic) bond motifs is 1. The molecule has 0 aliphatic rings. The SMILES string of the molecule is CC(C)(C)c1cccc(-c2c(F)ccn3ccnc23)c1F. The quantitative estimate of drug-likeness (QED) is 0.640. The van der Waals surface area contributed by atoms with E-state index in [9.17, 15) is 8.78 Å². The molecule has 3 aromatic rings. The lowest BCUT2D eigenvalue weighted by Crippen LogP contribution is -2.14. The number of hydrogen-bond acceptors (Lipinski definition) is 1. The van der Waals surface area contributed by atoms with Crippen LogP contribution in [0.3, 0.4) is 0 Å². The van der Waals surface area contributed by atoms with Crippen molar-refractivity contribution in [3.63, 3.8) is 0 Å². The monoisotopic (exact) mass is 286 g/mol. The van der Waals surface area contributed by atoms with Gasteiger partial charge in [-0.3, -0.25) is 0 Å². The Morgan fingerprint density at radius 3 is 2.52 bits per heavy atom. The zero-order valence-corrected chi connectivity index (χ0v) is 12.2. The summed E-state index contributed by atoms with van der Waals surface area (Å²) in [5, 5.41) is 0. The first-order valence-corrected chi connectivity index (χ1v) is 6.80. The zero-order valence-electron chi connectivity index (χ0n) is 12.2. The van der Waals surface area contributed by atoms with Crippen molar-refractivity contribution >= 4 is 5.65 Å². The average Bonchev–Trinajstić information content (AvgIpc) is 2.86. The summed E-state index contributed by atoms with van der Waals surface area (Å²) in [6, 6.07) is 6.41. The molecular formula is C17H16F2N2. The van der Waals surface area contributed by atoms with Crippen LogP contribution in [0.4, 0.5) is 8.78 Å². The summed E-state index contributed by atoms with van der Waals surface area (Å²) in [6.07, 6.45) is 4.86. The van der Waals surface area contributed by atoms with E-state index in [-0.39, 0.29) is 22.4 Å². The van der Waals surface area contributed by atoms with Crippen LogP contribution < -0.4 is 0 Å². The molecule has 0 bridgehead atoms. The molecule has 0 radical (unpaired) electrons. The minimum absolute atomic E-state index is 0.200. The summed E-state index contributed by atoms with van der Waals surface area (Å²) in [5.74, 6) is -0.862. The maximum Gasteiger partial charge on any atom is 0.147 e. The molecule has 21 heavy (non-hydrogen) atoms. The Balaban J connectivity index is 2.34. The largest absolute Gasteiger partial charge is 0.306 e. The minimum atomic E-state index is -0.473. The van der Waals surface area contributed by atoms with Gasteiger partial charge in [-0.25, -0.2) is 13.8 Å². The van der Waals surface area contributed by atoms with Crippen molar-refractivity contribution < 1.29 is 8.78 Å². The van der Waals surface area contributed by atoms with E-state index < -0.39 is 5.82 Å². The summed E-state index contributed by atoms with van der Waals surface area (Å²) in [6.45, 7) is 5.80. The number of pyridine rings is 1. The molecule has 4 heteroatoms. The molecular weight excluding hydrogens is 270 g/mol. The lowest BCUT2D eigenvalue weighted by atomic mass is 9.85. The molecule has 2 aromatic heterocycles.